The zero-order valence-corrected chi connectivity index (χ0v) is 18.2. The molecule has 2 fully saturated rings. The molecule has 5 heteroatoms. The first-order valence-corrected chi connectivity index (χ1v) is 11.6. The predicted octanol–water partition coefficient (Wildman–Crippen LogP) is 6.31. The van der Waals surface area contributed by atoms with Crippen LogP contribution in [-0.2, 0) is 0 Å². The highest BCUT2D eigenvalue weighted by molar-refractivity contribution is 5.75. The van der Waals surface area contributed by atoms with Crippen LogP contribution in [0.5, 0.6) is 0 Å². The van der Waals surface area contributed by atoms with Gasteiger partial charge in [0.1, 0.15) is 0 Å². The van der Waals surface area contributed by atoms with E-state index in [0.29, 0.717) is 12.0 Å². The molecule has 0 saturated heterocycles. The number of amides is 2. The van der Waals surface area contributed by atoms with Crippen LogP contribution in [-0.4, -0.2) is 23.8 Å². The Morgan fingerprint density at radius 3 is 2.41 bits per heavy atom. The topological polar surface area (TPSA) is 65.8 Å². The second kappa shape index (κ2) is 10.7. The fourth-order valence-corrected chi connectivity index (χ4v) is 4.65. The number of unbranched alkanes of at least 4 members (excludes halogenated alkanes) is 1. The Morgan fingerprint density at radius 1 is 1.07 bits per heavy atom. The van der Waals surface area contributed by atoms with Crippen molar-refractivity contribution >= 4 is 6.03 Å². The quantitative estimate of drug-likeness (QED) is 0.495. The summed E-state index contributed by atoms with van der Waals surface area (Å²) in [6.07, 6.45) is 12.0. The molecule has 2 amide bonds. The van der Waals surface area contributed by atoms with Crippen molar-refractivity contribution in [2.75, 3.05) is 0 Å². The number of hydrogen-bond acceptors (Lipinski definition) is 3. The smallest absolute Gasteiger partial charge is 0.316 e. The Kier molecular flexibility index (Phi) is 8.08. The molecule has 1 aromatic carbocycles. The molecule has 5 nitrogen and oxygen atoms in total. The molecule has 0 aromatic heterocycles. The largest absolute Gasteiger partial charge is 0.335 e. The fraction of sp³-hybridized carbons (Fsp3) is 0.708. The molecular weight excluding hydrogens is 360 g/mol. The van der Waals surface area contributed by atoms with E-state index < -0.39 is 5.66 Å². The van der Waals surface area contributed by atoms with Crippen molar-refractivity contribution in [3.63, 3.8) is 0 Å². The van der Waals surface area contributed by atoms with E-state index in [9.17, 15) is 4.79 Å². The summed E-state index contributed by atoms with van der Waals surface area (Å²) in [4.78, 5) is 12.7. The molecule has 0 heterocycles. The molecule has 1 aromatic rings. The molecular formula is C24H38N4O. The van der Waals surface area contributed by atoms with Crippen LogP contribution in [0.15, 0.2) is 40.6 Å². The first kappa shape index (κ1) is 21.8. The van der Waals surface area contributed by atoms with Crippen molar-refractivity contribution in [1.82, 2.24) is 10.6 Å². The second-order valence-electron chi connectivity index (χ2n) is 9.09. The van der Waals surface area contributed by atoms with Crippen molar-refractivity contribution in [1.29, 1.82) is 0 Å². The molecule has 2 aliphatic carbocycles. The van der Waals surface area contributed by atoms with Gasteiger partial charge < -0.3 is 10.6 Å². The molecule has 160 valence electrons. The Hall–Kier alpha value is -1.91. The van der Waals surface area contributed by atoms with Crippen LogP contribution in [0.3, 0.4) is 0 Å². The molecule has 2 aliphatic rings. The van der Waals surface area contributed by atoms with E-state index in [4.69, 9.17) is 0 Å². The van der Waals surface area contributed by atoms with Crippen molar-refractivity contribution in [2.45, 2.75) is 108 Å². The van der Waals surface area contributed by atoms with Gasteiger partial charge in [-0.05, 0) is 69.8 Å². The van der Waals surface area contributed by atoms with Gasteiger partial charge in [-0.3, -0.25) is 0 Å². The lowest BCUT2D eigenvalue weighted by Crippen LogP contribution is -2.52. The zero-order chi connectivity index (χ0) is 20.5. The monoisotopic (exact) mass is 398 g/mol. The lowest BCUT2D eigenvalue weighted by Gasteiger charge is -2.31. The van der Waals surface area contributed by atoms with Crippen LogP contribution in [0.25, 0.3) is 0 Å². The minimum absolute atomic E-state index is 0.0999. The number of hydrogen-bond donors (Lipinski definition) is 2. The number of rotatable bonds is 8. The maximum Gasteiger partial charge on any atom is 0.316 e. The van der Waals surface area contributed by atoms with Gasteiger partial charge >= 0.3 is 6.03 Å². The Morgan fingerprint density at radius 2 is 1.76 bits per heavy atom. The number of carbonyl (C=O) groups excluding carboxylic acids is 1. The van der Waals surface area contributed by atoms with E-state index >= 15 is 0 Å². The zero-order valence-electron chi connectivity index (χ0n) is 18.2. The minimum Gasteiger partial charge on any atom is -0.335 e. The third kappa shape index (κ3) is 6.83. The van der Waals surface area contributed by atoms with Gasteiger partial charge in [0.05, 0.1) is 6.04 Å². The summed E-state index contributed by atoms with van der Waals surface area (Å²) in [5.74, 6) is 0.618. The third-order valence-corrected chi connectivity index (χ3v) is 6.50. The molecule has 0 radical (unpaired) electrons. The van der Waals surface area contributed by atoms with Gasteiger partial charge in [0.25, 0.3) is 0 Å². The van der Waals surface area contributed by atoms with E-state index in [-0.39, 0.29) is 12.1 Å². The molecule has 29 heavy (non-hydrogen) atoms. The molecule has 2 N–H and O–H groups in total. The van der Waals surface area contributed by atoms with Gasteiger partial charge in [-0.15, -0.1) is 0 Å². The molecule has 2 saturated carbocycles. The Balaban J connectivity index is 1.49. The summed E-state index contributed by atoms with van der Waals surface area (Å²) < 4.78 is 0. The highest BCUT2D eigenvalue weighted by Gasteiger charge is 2.29. The van der Waals surface area contributed by atoms with Crippen LogP contribution in [0.2, 0.25) is 0 Å². The van der Waals surface area contributed by atoms with Crippen molar-refractivity contribution < 1.29 is 4.79 Å². The number of urea groups is 1. The van der Waals surface area contributed by atoms with Crippen molar-refractivity contribution in [2.24, 2.45) is 10.2 Å². The predicted molar refractivity (Wildman–Crippen MR) is 118 cm³/mol. The summed E-state index contributed by atoms with van der Waals surface area (Å²) in [5.41, 5.74) is 0.819. The van der Waals surface area contributed by atoms with E-state index in [1.165, 1.54) is 18.4 Å². The van der Waals surface area contributed by atoms with Crippen LogP contribution >= 0.6 is 0 Å². The van der Waals surface area contributed by atoms with Gasteiger partial charge in [0.15, 0.2) is 5.66 Å². The summed E-state index contributed by atoms with van der Waals surface area (Å²) in [6, 6.07) is 11.2. The van der Waals surface area contributed by atoms with Crippen molar-refractivity contribution in [3.8, 4) is 0 Å². The summed E-state index contributed by atoms with van der Waals surface area (Å²) >= 11 is 0. The maximum absolute atomic E-state index is 12.7. The fourth-order valence-electron chi connectivity index (χ4n) is 4.65. The van der Waals surface area contributed by atoms with Gasteiger partial charge in [-0.2, -0.15) is 10.2 Å². The molecule has 1 unspecified atom stereocenters. The van der Waals surface area contributed by atoms with Crippen molar-refractivity contribution in [3.05, 3.63) is 35.9 Å². The lowest BCUT2D eigenvalue weighted by molar-refractivity contribution is 0.214. The summed E-state index contributed by atoms with van der Waals surface area (Å²) in [6.45, 7) is 4.17. The van der Waals surface area contributed by atoms with Gasteiger partial charge in [0, 0.05) is 6.04 Å². The number of nitrogens with one attached hydrogen (secondary N) is 2. The lowest BCUT2D eigenvalue weighted by atomic mass is 9.82. The Bertz CT molecular complexity index is 648. The maximum atomic E-state index is 12.7. The average molecular weight is 399 g/mol. The first-order chi connectivity index (χ1) is 14.1. The number of nitrogens with zero attached hydrogens (tertiary/aromatic N) is 2. The average Bonchev–Trinajstić information content (AvgIpc) is 3.26. The van der Waals surface area contributed by atoms with Crippen LogP contribution in [0.1, 0.15) is 96.0 Å². The summed E-state index contributed by atoms with van der Waals surface area (Å²) in [7, 11) is 0. The highest BCUT2D eigenvalue weighted by atomic mass is 16.2. The third-order valence-electron chi connectivity index (χ3n) is 6.50. The van der Waals surface area contributed by atoms with Gasteiger partial charge in [0.2, 0.25) is 0 Å². The molecule has 0 spiro atoms. The van der Waals surface area contributed by atoms with E-state index in [2.05, 4.69) is 58.1 Å². The SMILES string of the molecule is CCCCC(C)(N=NC1CCCC1)NC(=O)NC1CCC(c2ccccc2)CC1. The number of benzene rings is 1. The molecule has 0 aliphatic heterocycles. The standard InChI is InChI=1S/C24H38N4O/c1-3-4-18-24(2,28-27-22-12-8-9-13-22)26-23(29)25-21-16-14-20(15-17-21)19-10-6-5-7-11-19/h5-7,10-11,20-22H,3-4,8-9,12-18H2,1-2H3,(H2,25,26,29). The number of carbonyl (C=O) groups is 1. The molecule has 1 atom stereocenters. The van der Waals surface area contributed by atoms with Crippen LogP contribution in [0, 0.1) is 0 Å². The highest BCUT2D eigenvalue weighted by Crippen LogP contribution is 2.32. The van der Waals surface area contributed by atoms with Gasteiger partial charge in [-0.25, -0.2) is 4.79 Å². The first-order valence-electron chi connectivity index (χ1n) is 11.6. The molecule has 3 rings (SSSR count). The normalized spacial score (nSPS) is 25.0. The van der Waals surface area contributed by atoms with E-state index in [0.717, 1.165) is 57.8 Å². The number of azo groups is 1. The van der Waals surface area contributed by atoms with E-state index in [1.54, 1.807) is 0 Å². The van der Waals surface area contributed by atoms with Gasteiger partial charge in [-0.1, -0.05) is 56.5 Å². The summed E-state index contributed by atoms with van der Waals surface area (Å²) in [5, 5.41) is 15.5. The van der Waals surface area contributed by atoms with E-state index in [1.807, 2.05) is 6.92 Å². The molecule has 0 bridgehead atoms. The van der Waals surface area contributed by atoms with Crippen LogP contribution in [0.4, 0.5) is 4.79 Å². The second-order valence-corrected chi connectivity index (χ2v) is 9.09. The minimum atomic E-state index is -0.607. The van der Waals surface area contributed by atoms with Crippen LogP contribution < -0.4 is 10.6 Å². The Labute approximate surface area is 176 Å².